The Kier molecular flexibility index (Phi) is 4.73. The lowest BCUT2D eigenvalue weighted by Gasteiger charge is -2.30. The average Bonchev–Trinajstić information content (AvgIpc) is 3.06. The molecule has 0 aromatic carbocycles. The molecule has 0 saturated heterocycles. The molecule has 2 aromatic rings. The van der Waals surface area contributed by atoms with Gasteiger partial charge in [0.15, 0.2) is 0 Å². The fourth-order valence-electron chi connectivity index (χ4n) is 3.03. The van der Waals surface area contributed by atoms with Gasteiger partial charge in [-0.05, 0) is 12.1 Å². The van der Waals surface area contributed by atoms with E-state index in [1.54, 1.807) is 6.20 Å². The van der Waals surface area contributed by atoms with Crippen molar-refractivity contribution in [1.82, 2.24) is 14.5 Å². The van der Waals surface area contributed by atoms with Gasteiger partial charge in [0.05, 0.1) is 31.5 Å². The van der Waals surface area contributed by atoms with Crippen molar-refractivity contribution in [2.24, 2.45) is 7.05 Å². The predicted octanol–water partition coefficient (Wildman–Crippen LogP) is 0.152. The molecule has 0 unspecified atom stereocenters. The van der Waals surface area contributed by atoms with Crippen molar-refractivity contribution in [2.75, 3.05) is 31.6 Å². The zero-order valence-corrected chi connectivity index (χ0v) is 14.0. The van der Waals surface area contributed by atoms with Crippen molar-refractivity contribution in [2.45, 2.75) is 6.42 Å². The van der Waals surface area contributed by atoms with Gasteiger partial charge in [0.2, 0.25) is 0 Å². The van der Waals surface area contributed by atoms with Gasteiger partial charge < -0.3 is 25.3 Å². The highest BCUT2D eigenvalue weighted by Gasteiger charge is 2.24. The molecule has 126 valence electrons. The summed E-state index contributed by atoms with van der Waals surface area (Å²) in [5, 5.41) is 19.3. The van der Waals surface area contributed by atoms with E-state index in [4.69, 9.17) is 5.41 Å². The fraction of sp³-hybridized carbons (Fsp3) is 0.353. The van der Waals surface area contributed by atoms with E-state index in [-0.39, 0.29) is 12.3 Å². The van der Waals surface area contributed by atoms with Crippen LogP contribution in [0.15, 0.2) is 42.0 Å². The van der Waals surface area contributed by atoms with Gasteiger partial charge >= 0.3 is 0 Å². The molecular weight excluding hydrogens is 304 g/mol. The lowest BCUT2D eigenvalue weighted by atomic mass is 10.0. The van der Waals surface area contributed by atoms with Crippen LogP contribution < -0.4 is 10.2 Å². The monoisotopic (exact) mass is 327 g/mol. The molecule has 0 aliphatic carbocycles. The van der Waals surface area contributed by atoms with Gasteiger partial charge in [-0.15, -0.1) is 0 Å². The van der Waals surface area contributed by atoms with Gasteiger partial charge in [-0.2, -0.15) is 0 Å². The number of quaternary nitrogens is 1. The van der Waals surface area contributed by atoms with Crippen LogP contribution in [0.5, 0.6) is 0 Å². The average molecular weight is 327 g/mol. The van der Waals surface area contributed by atoms with Gasteiger partial charge in [0.1, 0.15) is 17.3 Å². The first-order chi connectivity index (χ1) is 11.6. The molecule has 7 heteroatoms. The summed E-state index contributed by atoms with van der Waals surface area (Å²) in [6.07, 6.45) is 6.37. The first-order valence-electron chi connectivity index (χ1n) is 8.02. The highest BCUT2D eigenvalue weighted by molar-refractivity contribution is 6.00. The maximum absolute atomic E-state index is 9.31. The van der Waals surface area contributed by atoms with Gasteiger partial charge in [-0.1, -0.05) is 0 Å². The Morgan fingerprint density at radius 1 is 1.38 bits per heavy atom. The smallest absolute Gasteiger partial charge is 0.141 e. The van der Waals surface area contributed by atoms with E-state index in [1.165, 1.54) is 0 Å². The van der Waals surface area contributed by atoms with E-state index < -0.39 is 0 Å². The summed E-state index contributed by atoms with van der Waals surface area (Å²) in [5.41, 5.74) is 3.32. The molecular formula is C17H23N6O+. The molecule has 2 aromatic heterocycles. The number of aliphatic hydroxyl groups excluding tert-OH is 1. The third-order valence-electron chi connectivity index (χ3n) is 4.41. The largest absolute Gasteiger partial charge is 0.390 e. The van der Waals surface area contributed by atoms with Crippen LogP contribution in [0.2, 0.25) is 0 Å². The van der Waals surface area contributed by atoms with E-state index in [9.17, 15) is 5.11 Å². The van der Waals surface area contributed by atoms with Crippen LogP contribution in [0, 0.1) is 5.41 Å². The van der Waals surface area contributed by atoms with Crippen LogP contribution >= 0.6 is 0 Å². The second-order valence-corrected chi connectivity index (χ2v) is 5.87. The molecule has 0 saturated carbocycles. The number of rotatable bonds is 5. The number of aliphatic hydroxyl groups is 1. The number of nitrogens with two attached hydrogens (primary N) is 1. The standard InChI is InChI=1S/C17H22N6O/c1-19-15-5-7-23(10-13(15)14(18)11-24)16-4-3-12(9-21-16)17-20-6-8-22(17)2/h3-4,6,8-9,18-19,24H,5,7,10-11H2,1-2H3/p+1. The number of nitrogens with zero attached hydrogens (tertiary/aromatic N) is 4. The van der Waals surface area contributed by atoms with Gasteiger partial charge in [-0.3, -0.25) is 0 Å². The Labute approximate surface area is 141 Å². The highest BCUT2D eigenvalue weighted by Crippen LogP contribution is 2.23. The number of nitrogens with one attached hydrogen (secondary N) is 1. The van der Waals surface area contributed by atoms with Gasteiger partial charge in [0.25, 0.3) is 0 Å². The topological polar surface area (TPSA) is 94.6 Å². The summed E-state index contributed by atoms with van der Waals surface area (Å²) < 4.78 is 1.96. The van der Waals surface area contributed by atoms with Crippen LogP contribution in [0.25, 0.3) is 11.4 Å². The van der Waals surface area contributed by atoms with Gasteiger partial charge in [0, 0.05) is 44.2 Å². The Hall–Kier alpha value is -2.51. The van der Waals surface area contributed by atoms with Gasteiger partial charge in [-0.25, -0.2) is 9.97 Å². The van der Waals surface area contributed by atoms with Crippen LogP contribution in [-0.2, 0) is 7.05 Å². The van der Waals surface area contributed by atoms with Crippen molar-refractivity contribution in [3.05, 3.63) is 42.0 Å². The second-order valence-electron chi connectivity index (χ2n) is 5.87. The summed E-state index contributed by atoms with van der Waals surface area (Å²) in [6.45, 7) is 1.23. The minimum absolute atomic E-state index is 0.230. The number of hydrogen-bond donors (Lipinski definition) is 3. The first-order valence-corrected chi connectivity index (χ1v) is 8.02. The highest BCUT2D eigenvalue weighted by atomic mass is 16.3. The van der Waals surface area contributed by atoms with Crippen LogP contribution in [0.4, 0.5) is 5.82 Å². The molecule has 3 rings (SSSR count). The van der Waals surface area contributed by atoms with Crippen molar-refractivity contribution in [1.29, 1.82) is 5.41 Å². The quantitative estimate of drug-likeness (QED) is 0.682. The Morgan fingerprint density at radius 2 is 2.21 bits per heavy atom. The van der Waals surface area contributed by atoms with Crippen LogP contribution in [0.3, 0.4) is 0 Å². The minimum atomic E-state index is -0.230. The molecule has 4 N–H and O–H groups in total. The molecule has 0 atom stereocenters. The maximum atomic E-state index is 9.31. The molecule has 1 aliphatic rings. The Bertz CT molecular complexity index is 762. The number of aromatic nitrogens is 3. The van der Waals surface area contributed by atoms with Crippen molar-refractivity contribution in [3.63, 3.8) is 0 Å². The lowest BCUT2D eigenvalue weighted by Crippen LogP contribution is -2.79. The number of imidazole rings is 1. The van der Waals surface area contributed by atoms with Crippen molar-refractivity contribution in [3.8, 4) is 11.4 Å². The summed E-state index contributed by atoms with van der Waals surface area (Å²) in [6, 6.07) is 4.01. The first kappa shape index (κ1) is 16.4. The Morgan fingerprint density at radius 3 is 2.79 bits per heavy atom. The SMILES string of the molecule is C[NH2+]C1=C(C(=N)CO)CN(c2ccc(-c3nccn3C)cn2)CC1. The predicted molar refractivity (Wildman–Crippen MR) is 93.0 cm³/mol. The van der Waals surface area contributed by atoms with E-state index in [1.807, 2.05) is 48.5 Å². The number of aryl methyl sites for hydroxylation is 1. The fourth-order valence-corrected chi connectivity index (χ4v) is 3.03. The summed E-state index contributed by atoms with van der Waals surface area (Å²) in [5.74, 6) is 1.77. The zero-order chi connectivity index (χ0) is 17.1. The summed E-state index contributed by atoms with van der Waals surface area (Å²) in [4.78, 5) is 11.1. The maximum Gasteiger partial charge on any atom is 0.141 e. The summed E-state index contributed by atoms with van der Waals surface area (Å²) in [7, 11) is 3.94. The molecule has 0 radical (unpaired) electrons. The number of pyridine rings is 1. The van der Waals surface area contributed by atoms with Crippen molar-refractivity contribution >= 4 is 11.5 Å². The third kappa shape index (κ3) is 3.08. The molecule has 1 aliphatic heterocycles. The Balaban J connectivity index is 1.82. The molecule has 0 bridgehead atoms. The summed E-state index contributed by atoms with van der Waals surface area (Å²) >= 11 is 0. The minimum Gasteiger partial charge on any atom is -0.390 e. The number of anilines is 1. The molecule has 3 heterocycles. The van der Waals surface area contributed by atoms with E-state index in [0.717, 1.165) is 41.4 Å². The lowest BCUT2D eigenvalue weighted by molar-refractivity contribution is -0.579. The van der Waals surface area contributed by atoms with E-state index in [2.05, 4.69) is 14.9 Å². The molecule has 7 nitrogen and oxygen atoms in total. The molecule has 24 heavy (non-hydrogen) atoms. The second kappa shape index (κ2) is 6.94. The zero-order valence-electron chi connectivity index (χ0n) is 14.0. The normalized spacial score (nSPS) is 15.0. The van der Waals surface area contributed by atoms with Crippen LogP contribution in [-0.4, -0.2) is 52.1 Å². The van der Waals surface area contributed by atoms with Crippen LogP contribution in [0.1, 0.15) is 6.42 Å². The number of hydrogen-bond acceptors (Lipinski definition) is 5. The van der Waals surface area contributed by atoms with E-state index in [0.29, 0.717) is 6.54 Å². The van der Waals surface area contributed by atoms with Crippen molar-refractivity contribution < 1.29 is 10.4 Å². The van der Waals surface area contributed by atoms with E-state index >= 15 is 0 Å². The molecule has 0 spiro atoms. The molecule has 0 fully saturated rings. The third-order valence-corrected chi connectivity index (χ3v) is 4.41. The molecule has 0 amide bonds.